The van der Waals surface area contributed by atoms with Crippen LogP contribution in [0.25, 0.3) is 20.4 Å². The first-order valence-electron chi connectivity index (χ1n) is 20.9. The minimum atomic E-state index is -0.470. The summed E-state index contributed by atoms with van der Waals surface area (Å²) in [7, 11) is 0. The first kappa shape index (κ1) is 51.5. The van der Waals surface area contributed by atoms with E-state index in [1.165, 1.54) is 16.0 Å². The maximum atomic E-state index is 11.6. The summed E-state index contributed by atoms with van der Waals surface area (Å²) in [6.45, 7) is 5.54. The molecule has 350 valence electrons. The van der Waals surface area contributed by atoms with Gasteiger partial charge in [0.05, 0.1) is 33.9 Å². The summed E-state index contributed by atoms with van der Waals surface area (Å²) in [5.41, 5.74) is 7.22. The molecule has 2 aromatic carbocycles. The maximum Gasteiger partial charge on any atom is 0.407 e. The number of alkyl carbamates (subject to hydrolysis) is 1. The minimum Gasteiger partial charge on any atom is -0.473 e. The molecule has 0 atom stereocenters. The summed E-state index contributed by atoms with van der Waals surface area (Å²) in [5.74, 6) is 1.93. The van der Waals surface area contributed by atoms with Gasteiger partial charge in [0.15, 0.2) is 9.60 Å². The molecule has 66 heavy (non-hydrogen) atoms. The van der Waals surface area contributed by atoms with E-state index in [9.17, 15) is 4.79 Å². The smallest absolute Gasteiger partial charge is 0.407 e. The number of pyridine rings is 3. The molecule has 4 N–H and O–H groups in total. The standard InChI is InChI=1S/C16H14BrN3OS.C14H19BrN2O3.C9H11BrN2O.C7H4ClNS.ClH/c17-12-4-3-7-18-15(12)21-11-8-10(9-11)19-16-20-13-5-1-2-6-14(13)22-16;1-14(2,3)20-13(18)17-9-7-10(8-9)19-12-11(15)5-4-6-16-12;10-8-2-1-3-12-9(8)13-7-4-6(11)5-7;8-7-9-5-3-1-2-4-6(5)10-7;/h1-7,10-11H,8-9H2,(H,19,20);4-6,9-10H,7-8H2,1-3H3,(H,17,18);1-3,6-7H,4-5,11H2;1-4H;1H. The number of nitrogens with one attached hydrogen (secondary N) is 2. The van der Waals surface area contributed by atoms with Gasteiger partial charge in [0.2, 0.25) is 17.6 Å². The second-order valence-electron chi connectivity index (χ2n) is 16.4. The van der Waals surface area contributed by atoms with Crippen molar-refractivity contribution >= 4 is 126 Å². The van der Waals surface area contributed by atoms with Crippen LogP contribution in [0.4, 0.5) is 9.93 Å². The number of carbonyl (C=O) groups is 1. The second kappa shape index (κ2) is 24.4. The van der Waals surface area contributed by atoms with Crippen molar-refractivity contribution in [2.24, 2.45) is 5.73 Å². The number of benzene rings is 2. The number of halogens is 5. The van der Waals surface area contributed by atoms with Crippen molar-refractivity contribution in [3.05, 3.63) is 121 Å². The molecule has 3 aliphatic rings. The van der Waals surface area contributed by atoms with Crippen molar-refractivity contribution in [3.63, 3.8) is 0 Å². The van der Waals surface area contributed by atoms with Crippen molar-refractivity contribution in [2.45, 2.75) is 101 Å². The van der Waals surface area contributed by atoms with Crippen molar-refractivity contribution in [2.75, 3.05) is 5.32 Å². The average molecular weight is 1170 g/mol. The summed E-state index contributed by atoms with van der Waals surface area (Å²) in [5, 5.41) is 7.31. The Morgan fingerprint density at radius 3 is 1.53 bits per heavy atom. The second-order valence-corrected chi connectivity index (χ2v) is 21.6. The number of rotatable bonds is 9. The lowest BCUT2D eigenvalue weighted by atomic mass is 9.89. The van der Waals surface area contributed by atoms with Crippen LogP contribution in [0.15, 0.2) is 117 Å². The molecule has 5 heterocycles. The highest BCUT2D eigenvalue weighted by Crippen LogP contribution is 2.34. The number of nitrogens with zero attached hydrogens (tertiary/aromatic N) is 5. The summed E-state index contributed by atoms with van der Waals surface area (Å²) in [4.78, 5) is 32.8. The van der Waals surface area contributed by atoms with E-state index >= 15 is 0 Å². The van der Waals surface area contributed by atoms with Gasteiger partial charge in [-0.3, -0.25) is 0 Å². The summed E-state index contributed by atoms with van der Waals surface area (Å²) in [6.07, 6.45) is 10.7. The van der Waals surface area contributed by atoms with E-state index in [1.807, 2.05) is 99.6 Å². The monoisotopic (exact) mass is 1160 g/mol. The van der Waals surface area contributed by atoms with Gasteiger partial charge in [-0.05, 0) is 142 Å². The van der Waals surface area contributed by atoms with Gasteiger partial charge in [0.25, 0.3) is 0 Å². The van der Waals surface area contributed by atoms with Crippen molar-refractivity contribution < 1.29 is 23.7 Å². The number of hydrogen-bond acceptors (Lipinski definition) is 14. The number of nitrogens with two attached hydrogens (primary N) is 1. The molecule has 5 aromatic heterocycles. The molecule has 7 aromatic rings. The van der Waals surface area contributed by atoms with E-state index in [0.717, 1.165) is 72.8 Å². The fraction of sp³-hybridized carbons (Fsp3) is 0.348. The van der Waals surface area contributed by atoms with Gasteiger partial charge < -0.3 is 35.3 Å². The molecular formula is C46H49Br3Cl2N8O5S2. The molecule has 3 saturated carbocycles. The summed E-state index contributed by atoms with van der Waals surface area (Å²) >= 11 is 19.1. The Hall–Kier alpha value is -3.88. The van der Waals surface area contributed by atoms with Gasteiger partial charge in [-0.1, -0.05) is 47.2 Å². The number of hydrogen-bond donors (Lipinski definition) is 3. The highest BCUT2D eigenvalue weighted by molar-refractivity contribution is 9.11. The van der Waals surface area contributed by atoms with Crippen LogP contribution in [-0.2, 0) is 4.74 Å². The van der Waals surface area contributed by atoms with Crippen LogP contribution >= 0.6 is 94.5 Å². The van der Waals surface area contributed by atoms with Gasteiger partial charge in [-0.2, -0.15) is 0 Å². The first-order valence-corrected chi connectivity index (χ1v) is 25.3. The number of aromatic nitrogens is 5. The van der Waals surface area contributed by atoms with Crippen LogP contribution in [0.2, 0.25) is 4.47 Å². The van der Waals surface area contributed by atoms with Crippen LogP contribution in [0.5, 0.6) is 17.6 Å². The lowest BCUT2D eigenvalue weighted by molar-refractivity contribution is 0.0353. The molecule has 0 aliphatic heterocycles. The maximum absolute atomic E-state index is 11.6. The van der Waals surface area contributed by atoms with E-state index < -0.39 is 5.60 Å². The zero-order chi connectivity index (χ0) is 45.9. The number of carbonyl (C=O) groups excluding carboxylic acids is 1. The van der Waals surface area contributed by atoms with Gasteiger partial charge in [-0.25, -0.2) is 29.7 Å². The molecule has 3 fully saturated rings. The molecule has 1 amide bonds. The lowest BCUT2D eigenvalue weighted by Crippen LogP contribution is -2.50. The van der Waals surface area contributed by atoms with Gasteiger partial charge in [-0.15, -0.1) is 23.7 Å². The molecule has 3 aliphatic carbocycles. The van der Waals surface area contributed by atoms with E-state index in [4.69, 9.17) is 36.3 Å². The fourth-order valence-electron chi connectivity index (χ4n) is 6.54. The zero-order valence-electron chi connectivity index (χ0n) is 36.1. The third-order valence-corrected chi connectivity index (χ3v) is 13.9. The Bertz CT molecular complexity index is 2580. The van der Waals surface area contributed by atoms with Crippen molar-refractivity contribution in [3.8, 4) is 17.6 Å². The molecule has 13 nitrogen and oxygen atoms in total. The molecule has 20 heteroatoms. The number of thiazole rings is 2. The van der Waals surface area contributed by atoms with E-state index in [2.05, 4.69) is 89.4 Å². The number of amides is 1. The SMILES string of the molecule is Brc1cccnc1OC1CC(Nc2nc3ccccc3s2)C1.CC(C)(C)OC(=O)NC1CC(Oc2ncccc2Br)C1.Cl.Clc1nc2ccccc2s1.NC1CC(Oc2ncccc2Br)C1. The zero-order valence-corrected chi connectivity index (χ0v) is 44.1. The molecule has 0 unspecified atom stereocenters. The van der Waals surface area contributed by atoms with Crippen LogP contribution in [0, 0.1) is 0 Å². The van der Waals surface area contributed by atoms with Gasteiger partial charge in [0, 0.05) is 62.4 Å². The predicted molar refractivity (Wildman–Crippen MR) is 277 cm³/mol. The van der Waals surface area contributed by atoms with Crippen LogP contribution in [0.3, 0.4) is 0 Å². The Balaban J connectivity index is 0.000000151. The Morgan fingerprint density at radius 2 is 1.09 bits per heavy atom. The first-order chi connectivity index (χ1) is 31.2. The molecule has 0 spiro atoms. The van der Waals surface area contributed by atoms with Crippen LogP contribution in [-0.4, -0.2) is 73.1 Å². The molecular weight excluding hydrogens is 1120 g/mol. The summed E-state index contributed by atoms with van der Waals surface area (Å²) < 4.78 is 28.1. The van der Waals surface area contributed by atoms with E-state index in [0.29, 0.717) is 34.2 Å². The molecule has 10 rings (SSSR count). The molecule has 0 radical (unpaired) electrons. The van der Waals surface area contributed by atoms with Gasteiger partial charge in [0.1, 0.15) is 23.9 Å². The number of anilines is 1. The Kier molecular flexibility index (Phi) is 19.1. The summed E-state index contributed by atoms with van der Waals surface area (Å²) in [6, 6.07) is 28.3. The third-order valence-electron chi connectivity index (χ3n) is 9.94. The number of para-hydroxylation sites is 2. The largest absolute Gasteiger partial charge is 0.473 e. The lowest BCUT2D eigenvalue weighted by Gasteiger charge is -2.35. The minimum absolute atomic E-state index is 0. The number of ether oxygens (including phenoxy) is 4. The highest BCUT2D eigenvalue weighted by atomic mass is 79.9. The van der Waals surface area contributed by atoms with E-state index in [-0.39, 0.29) is 42.9 Å². The number of fused-ring (bicyclic) bond motifs is 2. The quantitative estimate of drug-likeness (QED) is 0.125. The van der Waals surface area contributed by atoms with Crippen molar-refractivity contribution in [1.82, 2.24) is 30.2 Å². The average Bonchev–Trinajstić information content (AvgIpc) is 3.83. The van der Waals surface area contributed by atoms with Crippen molar-refractivity contribution in [1.29, 1.82) is 0 Å². The van der Waals surface area contributed by atoms with E-state index in [1.54, 1.807) is 29.9 Å². The van der Waals surface area contributed by atoms with Crippen LogP contribution in [0.1, 0.15) is 59.3 Å². The molecule has 0 bridgehead atoms. The Labute approximate surface area is 428 Å². The third kappa shape index (κ3) is 15.6. The van der Waals surface area contributed by atoms with Crippen LogP contribution < -0.4 is 30.6 Å². The predicted octanol–water partition coefficient (Wildman–Crippen LogP) is 12.8. The molecule has 0 saturated heterocycles. The normalized spacial score (nSPS) is 20.3. The topological polar surface area (TPSA) is 169 Å². The van der Waals surface area contributed by atoms with Gasteiger partial charge >= 0.3 is 6.09 Å². The Morgan fingerprint density at radius 1 is 0.652 bits per heavy atom. The highest BCUT2D eigenvalue weighted by Gasteiger charge is 2.34. The fourth-order valence-corrected chi connectivity index (χ4v) is 9.56.